The van der Waals surface area contributed by atoms with Gasteiger partial charge >= 0.3 is 12.1 Å². The van der Waals surface area contributed by atoms with Gasteiger partial charge in [0.05, 0.1) is 5.69 Å². The van der Waals surface area contributed by atoms with Gasteiger partial charge in [0.2, 0.25) is 0 Å². The second kappa shape index (κ2) is 5.41. The van der Waals surface area contributed by atoms with E-state index in [-0.39, 0.29) is 5.56 Å². The van der Waals surface area contributed by atoms with Crippen molar-refractivity contribution in [3.63, 3.8) is 0 Å². The van der Waals surface area contributed by atoms with Gasteiger partial charge in [0.15, 0.2) is 5.92 Å². The average Bonchev–Trinajstić information content (AvgIpc) is 2.23. The maximum atomic E-state index is 13.3. The predicted molar refractivity (Wildman–Crippen MR) is 56.8 cm³/mol. The third kappa shape index (κ3) is 3.80. The van der Waals surface area contributed by atoms with Gasteiger partial charge in [-0.1, -0.05) is 0 Å². The SMILES string of the molecule is Cc1cc(F)c(NCC(C(=O)O)C(F)(F)F)cc1F. The molecule has 0 radical (unpaired) electrons. The van der Waals surface area contributed by atoms with Crippen molar-refractivity contribution in [2.45, 2.75) is 13.1 Å². The van der Waals surface area contributed by atoms with Crippen molar-refractivity contribution in [1.29, 1.82) is 0 Å². The van der Waals surface area contributed by atoms with E-state index in [0.717, 1.165) is 6.07 Å². The summed E-state index contributed by atoms with van der Waals surface area (Å²) in [7, 11) is 0. The second-order valence-corrected chi connectivity index (χ2v) is 3.89. The predicted octanol–water partition coefficient (Wildman–Crippen LogP) is 2.95. The van der Waals surface area contributed by atoms with Gasteiger partial charge in [-0.15, -0.1) is 0 Å². The number of hydrogen-bond donors (Lipinski definition) is 2. The van der Waals surface area contributed by atoms with Crippen LogP contribution in [-0.4, -0.2) is 23.8 Å². The molecule has 0 spiro atoms. The summed E-state index contributed by atoms with van der Waals surface area (Å²) < 4.78 is 63.4. The highest BCUT2D eigenvalue weighted by Gasteiger charge is 2.44. The molecule has 0 saturated heterocycles. The third-order valence-electron chi connectivity index (χ3n) is 2.44. The molecule has 3 nitrogen and oxygen atoms in total. The van der Waals surface area contributed by atoms with E-state index in [2.05, 4.69) is 0 Å². The minimum absolute atomic E-state index is 0.00587. The number of aryl methyl sites for hydroxylation is 1. The number of halogens is 5. The van der Waals surface area contributed by atoms with Crippen LogP contribution in [0.3, 0.4) is 0 Å². The normalized spacial score (nSPS) is 13.2. The lowest BCUT2D eigenvalue weighted by atomic mass is 10.1. The summed E-state index contributed by atoms with van der Waals surface area (Å²) in [4.78, 5) is 10.4. The Balaban J connectivity index is 2.86. The summed E-state index contributed by atoms with van der Waals surface area (Å²) in [6, 6.07) is 1.49. The zero-order valence-corrected chi connectivity index (χ0v) is 9.68. The Morgan fingerprint density at radius 1 is 1.32 bits per heavy atom. The molecule has 1 unspecified atom stereocenters. The van der Waals surface area contributed by atoms with Crippen LogP contribution in [0.5, 0.6) is 0 Å². The fourth-order valence-electron chi connectivity index (χ4n) is 1.34. The fourth-order valence-corrected chi connectivity index (χ4v) is 1.34. The van der Waals surface area contributed by atoms with Crippen LogP contribution in [0.25, 0.3) is 0 Å². The van der Waals surface area contributed by atoms with Crippen molar-refractivity contribution in [3.8, 4) is 0 Å². The number of aliphatic carboxylic acids is 1. The van der Waals surface area contributed by atoms with Crippen LogP contribution in [0.2, 0.25) is 0 Å². The van der Waals surface area contributed by atoms with E-state index in [4.69, 9.17) is 5.11 Å². The van der Waals surface area contributed by atoms with Gasteiger partial charge < -0.3 is 10.4 Å². The van der Waals surface area contributed by atoms with E-state index < -0.39 is 41.9 Å². The molecule has 106 valence electrons. The standard InChI is InChI=1S/C11H10F5NO2/c1-5-2-8(13)9(3-7(5)12)17-4-6(10(18)19)11(14,15)16/h2-3,6,17H,4H2,1H3,(H,18,19). The van der Waals surface area contributed by atoms with Crippen LogP contribution in [0.15, 0.2) is 12.1 Å². The van der Waals surface area contributed by atoms with E-state index in [9.17, 15) is 26.7 Å². The maximum Gasteiger partial charge on any atom is 0.403 e. The van der Waals surface area contributed by atoms with Crippen molar-refractivity contribution >= 4 is 11.7 Å². The van der Waals surface area contributed by atoms with Gasteiger partial charge in [-0.05, 0) is 18.6 Å². The van der Waals surface area contributed by atoms with Crippen LogP contribution in [0.4, 0.5) is 27.6 Å². The molecule has 0 heterocycles. The summed E-state index contributed by atoms with van der Waals surface area (Å²) in [6.07, 6.45) is -4.97. The lowest BCUT2D eigenvalue weighted by molar-refractivity contribution is -0.190. The fraction of sp³-hybridized carbons (Fsp3) is 0.364. The molecular formula is C11H10F5NO2. The van der Waals surface area contributed by atoms with Crippen LogP contribution in [0, 0.1) is 24.5 Å². The third-order valence-corrected chi connectivity index (χ3v) is 2.44. The molecule has 2 N–H and O–H groups in total. The number of carbonyl (C=O) groups is 1. The summed E-state index contributed by atoms with van der Waals surface area (Å²) >= 11 is 0. The van der Waals surface area contributed by atoms with Crippen molar-refractivity contribution in [3.05, 3.63) is 29.3 Å². The Labute approximate surface area is 105 Å². The number of alkyl halides is 3. The molecule has 0 aliphatic heterocycles. The summed E-state index contributed by atoms with van der Waals surface area (Å²) in [5.41, 5.74) is -0.521. The number of benzene rings is 1. The van der Waals surface area contributed by atoms with E-state index in [1.807, 2.05) is 5.32 Å². The first-order valence-electron chi connectivity index (χ1n) is 5.12. The lowest BCUT2D eigenvalue weighted by Crippen LogP contribution is -2.36. The van der Waals surface area contributed by atoms with E-state index in [1.54, 1.807) is 0 Å². The highest BCUT2D eigenvalue weighted by molar-refractivity contribution is 5.71. The van der Waals surface area contributed by atoms with Crippen molar-refractivity contribution < 1.29 is 31.9 Å². The monoisotopic (exact) mass is 283 g/mol. The molecular weight excluding hydrogens is 273 g/mol. The molecule has 1 aromatic carbocycles. The van der Waals surface area contributed by atoms with Gasteiger partial charge in [0.25, 0.3) is 0 Å². The smallest absolute Gasteiger partial charge is 0.403 e. The van der Waals surface area contributed by atoms with Gasteiger partial charge in [-0.25, -0.2) is 8.78 Å². The number of anilines is 1. The molecule has 1 aromatic rings. The second-order valence-electron chi connectivity index (χ2n) is 3.89. The topological polar surface area (TPSA) is 49.3 Å². The maximum absolute atomic E-state index is 13.3. The molecule has 1 atom stereocenters. The van der Waals surface area contributed by atoms with E-state index in [0.29, 0.717) is 6.07 Å². The van der Waals surface area contributed by atoms with Crippen LogP contribution < -0.4 is 5.32 Å². The quantitative estimate of drug-likeness (QED) is 0.835. The zero-order valence-electron chi connectivity index (χ0n) is 9.68. The summed E-state index contributed by atoms with van der Waals surface area (Å²) in [5.74, 6) is -6.54. The van der Waals surface area contributed by atoms with Crippen LogP contribution in [0.1, 0.15) is 5.56 Å². The van der Waals surface area contributed by atoms with Crippen molar-refractivity contribution in [2.75, 3.05) is 11.9 Å². The average molecular weight is 283 g/mol. The Hall–Kier alpha value is -1.86. The highest BCUT2D eigenvalue weighted by atomic mass is 19.4. The molecule has 0 aliphatic rings. The molecule has 0 aliphatic carbocycles. The minimum Gasteiger partial charge on any atom is -0.481 e. The van der Waals surface area contributed by atoms with Crippen molar-refractivity contribution in [1.82, 2.24) is 0 Å². The van der Waals surface area contributed by atoms with Gasteiger partial charge in [0, 0.05) is 12.6 Å². The first-order valence-corrected chi connectivity index (χ1v) is 5.12. The molecule has 19 heavy (non-hydrogen) atoms. The van der Waals surface area contributed by atoms with Crippen molar-refractivity contribution in [2.24, 2.45) is 5.92 Å². The number of carboxylic acids is 1. The van der Waals surface area contributed by atoms with Crippen LogP contribution >= 0.6 is 0 Å². The number of carboxylic acid groups (broad SMARTS) is 1. The van der Waals surface area contributed by atoms with Gasteiger partial charge in [0.1, 0.15) is 11.6 Å². The Bertz CT molecular complexity index is 487. The number of nitrogens with one attached hydrogen (secondary N) is 1. The Morgan fingerprint density at radius 2 is 1.89 bits per heavy atom. The van der Waals surface area contributed by atoms with Crippen LogP contribution in [-0.2, 0) is 4.79 Å². The Kier molecular flexibility index (Phi) is 4.33. The van der Waals surface area contributed by atoms with Gasteiger partial charge in [-0.2, -0.15) is 13.2 Å². The first-order chi connectivity index (χ1) is 8.62. The molecule has 0 saturated carbocycles. The molecule has 0 amide bonds. The van der Waals surface area contributed by atoms with E-state index in [1.165, 1.54) is 6.92 Å². The summed E-state index contributed by atoms with van der Waals surface area (Å²) in [5, 5.41) is 10.4. The molecule has 0 fully saturated rings. The minimum atomic E-state index is -4.97. The largest absolute Gasteiger partial charge is 0.481 e. The number of hydrogen-bond acceptors (Lipinski definition) is 2. The molecule has 0 aromatic heterocycles. The molecule has 0 bridgehead atoms. The molecule has 8 heteroatoms. The Morgan fingerprint density at radius 3 is 2.37 bits per heavy atom. The number of rotatable bonds is 4. The van der Waals surface area contributed by atoms with Gasteiger partial charge in [-0.3, -0.25) is 4.79 Å². The lowest BCUT2D eigenvalue weighted by Gasteiger charge is -2.17. The summed E-state index contributed by atoms with van der Waals surface area (Å²) in [6.45, 7) is 0.205. The highest BCUT2D eigenvalue weighted by Crippen LogP contribution is 2.27. The van der Waals surface area contributed by atoms with E-state index >= 15 is 0 Å². The zero-order chi connectivity index (χ0) is 14.8. The first kappa shape index (κ1) is 15.2. The molecule has 1 rings (SSSR count).